The summed E-state index contributed by atoms with van der Waals surface area (Å²) in [6.45, 7) is 3.10. The highest BCUT2D eigenvalue weighted by molar-refractivity contribution is 7.15. The van der Waals surface area contributed by atoms with Gasteiger partial charge < -0.3 is 10.1 Å². The van der Waals surface area contributed by atoms with Gasteiger partial charge in [-0.25, -0.2) is 4.79 Å². The number of amides is 2. The zero-order chi connectivity index (χ0) is 26.3. The van der Waals surface area contributed by atoms with Gasteiger partial charge in [-0.3, -0.25) is 24.1 Å². The van der Waals surface area contributed by atoms with E-state index in [9.17, 15) is 24.0 Å². The van der Waals surface area contributed by atoms with E-state index in [1.165, 1.54) is 24.0 Å². The number of fused-ring (bicyclic) bond motifs is 2. The van der Waals surface area contributed by atoms with Crippen LogP contribution in [0.4, 0.5) is 11.4 Å². The lowest BCUT2D eigenvalue weighted by Gasteiger charge is -2.16. The Balaban J connectivity index is 1.47. The minimum Gasteiger partial charge on any atom is -0.462 e. The third-order valence-electron chi connectivity index (χ3n) is 5.65. The number of rotatable bonds is 5. The zero-order valence-electron chi connectivity index (χ0n) is 19.7. The van der Waals surface area contributed by atoms with E-state index in [-0.39, 0.29) is 33.9 Å². The van der Waals surface area contributed by atoms with Gasteiger partial charge in [0.1, 0.15) is 16.8 Å². The van der Waals surface area contributed by atoms with E-state index in [1.807, 2.05) is 0 Å². The quantitative estimate of drug-likeness (QED) is 0.385. The maximum Gasteiger partial charge on any atom is 0.338 e. The first-order valence-corrected chi connectivity index (χ1v) is 12.0. The monoisotopic (exact) mass is 517 g/mol. The summed E-state index contributed by atoms with van der Waals surface area (Å²) in [6, 6.07) is 13.0. The Morgan fingerprint density at radius 2 is 1.78 bits per heavy atom. The number of anilines is 2. The fourth-order valence-electron chi connectivity index (χ4n) is 3.94. The molecule has 0 aliphatic carbocycles. The van der Waals surface area contributed by atoms with E-state index in [0.29, 0.717) is 22.5 Å². The molecule has 2 aromatic carbocycles. The molecule has 0 unspecified atom stereocenters. The number of hydrogen-bond acceptors (Lipinski definition) is 9. The maximum atomic E-state index is 13.5. The largest absolute Gasteiger partial charge is 0.462 e. The van der Waals surface area contributed by atoms with Crippen LogP contribution in [0.3, 0.4) is 0 Å². The molecule has 11 nitrogen and oxygen atoms in total. The Kier molecular flexibility index (Phi) is 6.09. The average Bonchev–Trinajstić information content (AvgIpc) is 3.33. The van der Waals surface area contributed by atoms with Crippen molar-refractivity contribution in [2.45, 2.75) is 13.8 Å². The van der Waals surface area contributed by atoms with Gasteiger partial charge >= 0.3 is 5.97 Å². The van der Waals surface area contributed by atoms with Crippen LogP contribution < -0.4 is 25.9 Å². The third kappa shape index (κ3) is 4.27. The summed E-state index contributed by atoms with van der Waals surface area (Å²) in [5.74, 6) is -1.47. The summed E-state index contributed by atoms with van der Waals surface area (Å²) < 4.78 is 6.04. The SMILES string of the molecule is CCOC(=O)c1ccc(NC(=O)CN2C(=O)/C(=c3\sc4nc(=O)c(C)nn4c3=O)c3ccccc32)cc1. The number of esters is 1. The van der Waals surface area contributed by atoms with E-state index >= 15 is 0 Å². The highest BCUT2D eigenvalue weighted by Crippen LogP contribution is 2.35. The highest BCUT2D eigenvalue weighted by Gasteiger charge is 2.35. The average molecular weight is 518 g/mol. The standard InChI is InChI=1S/C25H19N5O6S/c1-3-36-24(35)14-8-10-15(11-9-14)26-18(31)12-29-17-7-5-4-6-16(17)19(22(29)33)20-23(34)30-25(37-20)27-21(32)13(2)28-30/h4-11H,3,12H2,1-2H3,(H,26,31)/b20-19-. The van der Waals surface area contributed by atoms with Crippen LogP contribution in [0.5, 0.6) is 0 Å². The van der Waals surface area contributed by atoms with E-state index in [1.54, 1.807) is 43.3 Å². The van der Waals surface area contributed by atoms with Gasteiger partial charge in [0, 0.05) is 11.3 Å². The topological polar surface area (TPSA) is 140 Å². The van der Waals surface area contributed by atoms with Crippen molar-refractivity contribution in [3.63, 3.8) is 0 Å². The first-order chi connectivity index (χ1) is 17.8. The van der Waals surface area contributed by atoms with Crippen molar-refractivity contribution in [3.05, 3.63) is 90.6 Å². The second kappa shape index (κ2) is 9.39. The molecule has 186 valence electrons. The van der Waals surface area contributed by atoms with Crippen LogP contribution in [0, 0.1) is 6.92 Å². The van der Waals surface area contributed by atoms with Crippen LogP contribution in [0.25, 0.3) is 10.5 Å². The number of nitrogens with one attached hydrogen (secondary N) is 1. The summed E-state index contributed by atoms with van der Waals surface area (Å²) in [5.41, 5.74) is 0.809. The number of carbonyl (C=O) groups excluding carboxylic acids is 3. The molecule has 37 heavy (non-hydrogen) atoms. The minimum absolute atomic E-state index is 0.0654. The molecular weight excluding hydrogens is 498 g/mol. The number of aryl methyl sites for hydroxylation is 1. The molecule has 0 fully saturated rings. The molecule has 0 radical (unpaired) electrons. The van der Waals surface area contributed by atoms with Crippen LogP contribution in [0.1, 0.15) is 28.5 Å². The smallest absolute Gasteiger partial charge is 0.338 e. The van der Waals surface area contributed by atoms with Gasteiger partial charge in [0.15, 0.2) is 0 Å². The number of benzene rings is 2. The number of nitrogens with zero attached hydrogens (tertiary/aromatic N) is 4. The second-order valence-electron chi connectivity index (χ2n) is 8.06. The van der Waals surface area contributed by atoms with Gasteiger partial charge in [0.25, 0.3) is 17.0 Å². The van der Waals surface area contributed by atoms with Gasteiger partial charge in [-0.05, 0) is 44.2 Å². The maximum absolute atomic E-state index is 13.5. The number of ether oxygens (including phenoxy) is 1. The molecular formula is C25H19N5O6S. The molecule has 0 atom stereocenters. The van der Waals surface area contributed by atoms with Crippen LogP contribution in [-0.2, 0) is 14.3 Å². The summed E-state index contributed by atoms with van der Waals surface area (Å²) >= 11 is 0.896. The van der Waals surface area contributed by atoms with Crippen molar-refractivity contribution < 1.29 is 19.1 Å². The molecule has 5 rings (SSSR count). The van der Waals surface area contributed by atoms with E-state index < -0.39 is 28.9 Å². The van der Waals surface area contributed by atoms with E-state index in [4.69, 9.17) is 4.74 Å². The molecule has 1 N–H and O–H groups in total. The normalized spacial score (nSPS) is 14.1. The van der Waals surface area contributed by atoms with Gasteiger partial charge in [0.2, 0.25) is 10.9 Å². The summed E-state index contributed by atoms with van der Waals surface area (Å²) in [6.07, 6.45) is 0. The van der Waals surface area contributed by atoms with Crippen molar-refractivity contribution >= 4 is 51.0 Å². The second-order valence-corrected chi connectivity index (χ2v) is 9.04. The molecule has 4 aromatic rings. The highest BCUT2D eigenvalue weighted by atomic mass is 32.1. The molecule has 1 aliphatic rings. The van der Waals surface area contributed by atoms with Crippen LogP contribution in [0.15, 0.2) is 58.1 Å². The molecule has 12 heteroatoms. The van der Waals surface area contributed by atoms with Crippen LogP contribution in [-0.4, -0.2) is 45.5 Å². The van der Waals surface area contributed by atoms with Crippen molar-refractivity contribution in [1.29, 1.82) is 0 Å². The van der Waals surface area contributed by atoms with Crippen LogP contribution >= 0.6 is 11.3 Å². The lowest BCUT2D eigenvalue weighted by molar-refractivity contribution is -0.118. The zero-order valence-corrected chi connectivity index (χ0v) is 20.5. The molecule has 3 heterocycles. The minimum atomic E-state index is -0.568. The Labute approximate surface area is 212 Å². The molecule has 0 spiro atoms. The lowest BCUT2D eigenvalue weighted by Crippen LogP contribution is -2.37. The van der Waals surface area contributed by atoms with Gasteiger partial charge in [-0.1, -0.05) is 29.5 Å². The van der Waals surface area contributed by atoms with Gasteiger partial charge in [-0.15, -0.1) is 0 Å². The fourth-order valence-corrected chi connectivity index (χ4v) is 4.94. The number of aromatic nitrogens is 3. The van der Waals surface area contributed by atoms with Crippen molar-refractivity contribution in [2.75, 3.05) is 23.4 Å². The molecule has 0 bridgehead atoms. The molecule has 0 saturated carbocycles. The predicted molar refractivity (Wildman–Crippen MR) is 136 cm³/mol. The van der Waals surface area contributed by atoms with Crippen molar-refractivity contribution in [1.82, 2.24) is 14.6 Å². The lowest BCUT2D eigenvalue weighted by atomic mass is 10.1. The summed E-state index contributed by atoms with van der Waals surface area (Å²) in [5, 5.41) is 6.70. The van der Waals surface area contributed by atoms with Crippen molar-refractivity contribution in [3.8, 4) is 0 Å². The number of carbonyl (C=O) groups is 3. The Bertz CT molecular complexity index is 1760. The molecule has 1 aliphatic heterocycles. The Morgan fingerprint density at radius 1 is 1.05 bits per heavy atom. The molecule has 0 saturated heterocycles. The van der Waals surface area contributed by atoms with Crippen molar-refractivity contribution in [2.24, 2.45) is 0 Å². The number of thiazole rings is 1. The van der Waals surface area contributed by atoms with Gasteiger partial charge in [-0.2, -0.15) is 14.6 Å². The molecule has 2 amide bonds. The predicted octanol–water partition coefficient (Wildman–Crippen LogP) is 0.900. The first kappa shape index (κ1) is 24.0. The van der Waals surface area contributed by atoms with Crippen LogP contribution in [0.2, 0.25) is 0 Å². The van der Waals surface area contributed by atoms with Gasteiger partial charge in [0.05, 0.1) is 23.4 Å². The fraction of sp³-hybridized carbons (Fsp3) is 0.160. The number of hydrogen-bond donors (Lipinski definition) is 1. The number of para-hydroxylation sites is 1. The summed E-state index contributed by atoms with van der Waals surface area (Å²) in [4.78, 5) is 68.4. The summed E-state index contributed by atoms with van der Waals surface area (Å²) in [7, 11) is 0. The van der Waals surface area contributed by atoms with E-state index in [0.717, 1.165) is 15.9 Å². The Morgan fingerprint density at radius 3 is 2.51 bits per heavy atom. The first-order valence-electron chi connectivity index (χ1n) is 11.2. The molecule has 2 aromatic heterocycles. The van der Waals surface area contributed by atoms with E-state index in [2.05, 4.69) is 15.4 Å². The Hall–Kier alpha value is -4.71. The third-order valence-corrected chi connectivity index (χ3v) is 6.68.